The van der Waals surface area contributed by atoms with Crippen molar-refractivity contribution < 1.29 is 18.6 Å². The summed E-state index contributed by atoms with van der Waals surface area (Å²) in [6, 6.07) is 8.79. The molecule has 4 nitrogen and oxygen atoms in total. The molecule has 0 aliphatic heterocycles. The maximum Gasteiger partial charge on any atom is 0.181 e. The molecule has 36 heavy (non-hydrogen) atoms. The summed E-state index contributed by atoms with van der Waals surface area (Å²) in [6.45, 7) is 5.96. The Balaban J connectivity index is 1.31. The summed E-state index contributed by atoms with van der Waals surface area (Å²) in [4.78, 5) is 0.373. The van der Waals surface area contributed by atoms with Crippen LogP contribution in [0.4, 0.5) is 0 Å². The van der Waals surface area contributed by atoms with Crippen molar-refractivity contribution in [1.29, 1.82) is 0 Å². The molecule has 5 rings (SSSR count). The first-order valence-electron chi connectivity index (χ1n) is 14.4. The van der Waals surface area contributed by atoms with Gasteiger partial charge in [0.2, 0.25) is 0 Å². The molecule has 2 N–H and O–H groups in total. The Kier molecular flexibility index (Phi) is 7.24. The molecule has 0 bridgehead atoms. The second-order valence-corrected chi connectivity index (χ2v) is 15.6. The van der Waals surface area contributed by atoms with Crippen LogP contribution >= 0.6 is 0 Å². The second kappa shape index (κ2) is 9.85. The predicted molar refractivity (Wildman–Crippen MR) is 144 cm³/mol. The van der Waals surface area contributed by atoms with Gasteiger partial charge in [0.1, 0.15) is 0 Å². The van der Waals surface area contributed by atoms with Crippen LogP contribution in [0.2, 0.25) is 0 Å². The van der Waals surface area contributed by atoms with E-state index in [9.17, 15) is 18.6 Å². The third kappa shape index (κ3) is 4.97. The Morgan fingerprint density at radius 1 is 1.06 bits per heavy atom. The Bertz CT molecular complexity index is 1060. The van der Waals surface area contributed by atoms with Crippen LogP contribution in [0.25, 0.3) is 0 Å². The van der Waals surface area contributed by atoms with Crippen LogP contribution in [0.1, 0.15) is 91.4 Å². The first-order valence-corrected chi connectivity index (χ1v) is 15.9. The lowest BCUT2D eigenvalue weighted by molar-refractivity contribution is -0.0202. The average molecular weight is 515 g/mol. The number of aliphatic hydroxyl groups is 2. The largest absolute Gasteiger partial charge is 0.393 e. The molecule has 0 amide bonds. The fraction of sp³-hybridized carbons (Fsp3) is 0.742. The number of allylic oxidation sites excluding steroid dienone is 1. The van der Waals surface area contributed by atoms with Crippen LogP contribution < -0.4 is 0 Å². The highest BCUT2D eigenvalue weighted by atomic mass is 32.2. The smallest absolute Gasteiger partial charge is 0.181 e. The standard InChI is InChI=1S/C31H46O4S/c1-30(2,33)20-25(36(34,35)24-7-5-4-6-8-24)13-10-22-11-16-29-28-14-9-21-19-23(32)12-15-26(21)27(28)17-18-31(22,29)3/h4-9,22-23,25-29,32-33H,10-20H2,1-3H3. The van der Waals surface area contributed by atoms with Gasteiger partial charge >= 0.3 is 0 Å². The van der Waals surface area contributed by atoms with Gasteiger partial charge in [-0.15, -0.1) is 0 Å². The third-order valence-electron chi connectivity index (χ3n) is 10.7. The number of aliphatic hydroxyl groups excluding tert-OH is 1. The molecule has 4 aliphatic carbocycles. The van der Waals surface area contributed by atoms with E-state index < -0.39 is 20.7 Å². The molecule has 8 atom stereocenters. The molecule has 0 spiro atoms. The fourth-order valence-corrected chi connectivity index (χ4v) is 10.9. The Hall–Kier alpha value is -1.17. The molecular weight excluding hydrogens is 468 g/mol. The van der Waals surface area contributed by atoms with Crippen molar-refractivity contribution in [1.82, 2.24) is 0 Å². The Morgan fingerprint density at radius 3 is 2.53 bits per heavy atom. The van der Waals surface area contributed by atoms with Gasteiger partial charge < -0.3 is 10.2 Å². The van der Waals surface area contributed by atoms with Crippen molar-refractivity contribution in [2.75, 3.05) is 0 Å². The first-order chi connectivity index (χ1) is 17.0. The molecule has 3 fully saturated rings. The van der Waals surface area contributed by atoms with E-state index >= 15 is 0 Å². The van der Waals surface area contributed by atoms with E-state index in [2.05, 4.69) is 13.0 Å². The van der Waals surface area contributed by atoms with Crippen LogP contribution in [-0.4, -0.2) is 35.6 Å². The lowest BCUT2D eigenvalue weighted by Gasteiger charge is -2.54. The Morgan fingerprint density at radius 2 is 1.81 bits per heavy atom. The quantitative estimate of drug-likeness (QED) is 0.418. The van der Waals surface area contributed by atoms with Gasteiger partial charge in [-0.2, -0.15) is 0 Å². The van der Waals surface area contributed by atoms with E-state index in [0.29, 0.717) is 23.2 Å². The lowest BCUT2D eigenvalue weighted by Crippen LogP contribution is -2.46. The normalized spacial score (nSPS) is 37.4. The number of rotatable bonds is 7. The van der Waals surface area contributed by atoms with Crippen LogP contribution in [0.5, 0.6) is 0 Å². The van der Waals surface area contributed by atoms with Crippen molar-refractivity contribution in [3.63, 3.8) is 0 Å². The zero-order valence-corrected chi connectivity index (χ0v) is 23.2. The molecule has 0 saturated heterocycles. The van der Waals surface area contributed by atoms with E-state index in [1.54, 1.807) is 38.1 Å². The van der Waals surface area contributed by atoms with Gasteiger partial charge in [0, 0.05) is 0 Å². The van der Waals surface area contributed by atoms with Crippen LogP contribution in [0.3, 0.4) is 0 Å². The molecule has 1 aromatic rings. The van der Waals surface area contributed by atoms with Crippen LogP contribution in [0, 0.1) is 35.0 Å². The van der Waals surface area contributed by atoms with E-state index in [-0.39, 0.29) is 17.9 Å². The van der Waals surface area contributed by atoms with E-state index in [4.69, 9.17) is 0 Å². The van der Waals surface area contributed by atoms with E-state index in [1.807, 2.05) is 6.07 Å². The SMILES string of the molecule is CC(C)(O)CC(CCC1CCC2C3CC=C4CC(O)CCC4C3CCC12C)S(=O)(=O)c1ccccc1. The summed E-state index contributed by atoms with van der Waals surface area (Å²) in [5.41, 5.74) is 0.803. The van der Waals surface area contributed by atoms with Gasteiger partial charge in [0.15, 0.2) is 9.84 Å². The zero-order valence-electron chi connectivity index (χ0n) is 22.4. The van der Waals surface area contributed by atoms with Gasteiger partial charge in [-0.25, -0.2) is 8.42 Å². The topological polar surface area (TPSA) is 74.6 Å². The highest BCUT2D eigenvalue weighted by Crippen LogP contribution is 2.64. The van der Waals surface area contributed by atoms with Gasteiger partial charge in [-0.05, 0) is 132 Å². The minimum Gasteiger partial charge on any atom is -0.393 e. The van der Waals surface area contributed by atoms with Crippen LogP contribution in [-0.2, 0) is 9.84 Å². The van der Waals surface area contributed by atoms with Gasteiger partial charge in [-0.3, -0.25) is 0 Å². The molecule has 200 valence electrons. The molecular formula is C31H46O4S. The lowest BCUT2D eigenvalue weighted by atomic mass is 9.51. The average Bonchev–Trinajstić information content (AvgIpc) is 3.17. The second-order valence-electron chi connectivity index (χ2n) is 13.4. The molecule has 0 aromatic heterocycles. The van der Waals surface area contributed by atoms with Crippen molar-refractivity contribution in [3.8, 4) is 0 Å². The fourth-order valence-electron chi connectivity index (χ4n) is 8.95. The summed E-state index contributed by atoms with van der Waals surface area (Å²) in [6.07, 6.45) is 13.3. The van der Waals surface area contributed by atoms with Crippen molar-refractivity contribution in [2.45, 2.75) is 113 Å². The van der Waals surface area contributed by atoms with Gasteiger partial charge in [-0.1, -0.05) is 36.8 Å². The highest BCUT2D eigenvalue weighted by molar-refractivity contribution is 7.92. The number of fused-ring (bicyclic) bond motifs is 5. The molecule has 1 aromatic carbocycles. The zero-order chi connectivity index (χ0) is 25.7. The third-order valence-corrected chi connectivity index (χ3v) is 12.9. The molecule has 0 radical (unpaired) electrons. The molecule has 0 heterocycles. The van der Waals surface area contributed by atoms with Crippen molar-refractivity contribution in [2.24, 2.45) is 35.0 Å². The predicted octanol–water partition coefficient (Wildman–Crippen LogP) is 6.32. The first kappa shape index (κ1) is 26.4. The van der Waals surface area contributed by atoms with Crippen molar-refractivity contribution in [3.05, 3.63) is 42.0 Å². The Labute approximate surface area is 218 Å². The van der Waals surface area contributed by atoms with Gasteiger partial charge in [0.05, 0.1) is 21.9 Å². The summed E-state index contributed by atoms with van der Waals surface area (Å²) in [5, 5.41) is 20.2. The minimum absolute atomic E-state index is 0.141. The van der Waals surface area contributed by atoms with Crippen LogP contribution in [0.15, 0.2) is 46.9 Å². The maximum absolute atomic E-state index is 13.6. The highest BCUT2D eigenvalue weighted by Gasteiger charge is 2.55. The number of hydrogen-bond donors (Lipinski definition) is 2. The van der Waals surface area contributed by atoms with Crippen molar-refractivity contribution >= 4 is 9.84 Å². The molecule has 4 aliphatic rings. The molecule has 5 heteroatoms. The summed E-state index contributed by atoms with van der Waals surface area (Å²) >= 11 is 0. The summed E-state index contributed by atoms with van der Waals surface area (Å²) < 4.78 is 27.2. The number of sulfone groups is 1. The number of benzene rings is 1. The summed E-state index contributed by atoms with van der Waals surface area (Å²) in [5.74, 6) is 3.48. The monoisotopic (exact) mass is 514 g/mol. The van der Waals surface area contributed by atoms with Gasteiger partial charge in [0.25, 0.3) is 0 Å². The van der Waals surface area contributed by atoms with E-state index in [0.717, 1.165) is 43.4 Å². The summed E-state index contributed by atoms with van der Waals surface area (Å²) in [7, 11) is -3.50. The molecule has 3 saturated carbocycles. The number of hydrogen-bond acceptors (Lipinski definition) is 4. The maximum atomic E-state index is 13.6. The molecule has 8 unspecified atom stereocenters. The minimum atomic E-state index is -3.50. The van der Waals surface area contributed by atoms with E-state index in [1.165, 1.54) is 37.7 Å².